The first kappa shape index (κ1) is 15.9. The zero-order valence-corrected chi connectivity index (χ0v) is 14.1. The highest BCUT2D eigenvalue weighted by molar-refractivity contribution is 9.10. The van der Waals surface area contributed by atoms with E-state index in [-0.39, 0.29) is 5.91 Å². The number of carbonyl (C=O) groups is 1. The van der Waals surface area contributed by atoms with Gasteiger partial charge >= 0.3 is 0 Å². The molecule has 1 heterocycles. The summed E-state index contributed by atoms with van der Waals surface area (Å²) in [5, 5.41) is 7.65. The number of carbonyl (C=O) groups excluding carboxylic acids is 1. The van der Waals surface area contributed by atoms with E-state index in [0.29, 0.717) is 29.4 Å². The maximum absolute atomic E-state index is 12.0. The van der Waals surface area contributed by atoms with Gasteiger partial charge in [-0.3, -0.25) is 9.48 Å². The molecule has 3 N–H and O–H groups in total. The van der Waals surface area contributed by atoms with Gasteiger partial charge in [-0.05, 0) is 48.0 Å². The Hall–Kier alpha value is -1.53. The number of halogens is 2. The summed E-state index contributed by atoms with van der Waals surface area (Å²) in [6.45, 7) is 4.38. The second kappa shape index (κ2) is 6.49. The molecule has 21 heavy (non-hydrogen) atoms. The topological polar surface area (TPSA) is 72.9 Å². The zero-order chi connectivity index (χ0) is 15.6. The number of aryl methyl sites for hydroxylation is 2. The van der Waals surface area contributed by atoms with Crippen molar-refractivity contribution in [3.63, 3.8) is 0 Å². The van der Waals surface area contributed by atoms with Crippen LogP contribution in [0, 0.1) is 13.8 Å². The molecule has 0 radical (unpaired) electrons. The van der Waals surface area contributed by atoms with Crippen LogP contribution in [0.15, 0.2) is 22.7 Å². The Balaban J connectivity index is 1.99. The summed E-state index contributed by atoms with van der Waals surface area (Å²) in [5.41, 5.74) is 8.72. The molecule has 0 aliphatic carbocycles. The van der Waals surface area contributed by atoms with E-state index in [1.54, 1.807) is 22.9 Å². The molecule has 1 aromatic carbocycles. The number of hydrogen-bond acceptors (Lipinski definition) is 3. The average molecular weight is 372 g/mol. The molecule has 0 spiro atoms. The number of anilines is 2. The van der Waals surface area contributed by atoms with Crippen LogP contribution in [0.2, 0.25) is 5.02 Å². The van der Waals surface area contributed by atoms with Gasteiger partial charge in [0.15, 0.2) is 0 Å². The quantitative estimate of drug-likeness (QED) is 0.808. The van der Waals surface area contributed by atoms with Crippen LogP contribution < -0.4 is 11.1 Å². The number of benzene rings is 1. The first-order chi connectivity index (χ1) is 9.88. The summed E-state index contributed by atoms with van der Waals surface area (Å²) in [4.78, 5) is 12.0. The largest absolute Gasteiger partial charge is 0.397 e. The van der Waals surface area contributed by atoms with Crippen LogP contribution in [0.4, 0.5) is 11.4 Å². The third kappa shape index (κ3) is 3.77. The molecule has 0 bridgehead atoms. The Labute approximate surface area is 136 Å². The van der Waals surface area contributed by atoms with Crippen LogP contribution in [0.25, 0.3) is 0 Å². The maximum atomic E-state index is 12.0. The molecule has 0 saturated carbocycles. The van der Waals surface area contributed by atoms with E-state index in [4.69, 9.17) is 17.3 Å². The van der Waals surface area contributed by atoms with Crippen LogP contribution in [-0.4, -0.2) is 15.7 Å². The summed E-state index contributed by atoms with van der Waals surface area (Å²) in [6.07, 6.45) is 0.306. The second-order valence-electron chi connectivity index (χ2n) is 4.74. The van der Waals surface area contributed by atoms with Gasteiger partial charge < -0.3 is 11.1 Å². The Morgan fingerprint density at radius 2 is 2.19 bits per heavy atom. The molecule has 0 atom stereocenters. The Morgan fingerprint density at radius 1 is 1.48 bits per heavy atom. The number of rotatable bonds is 4. The zero-order valence-electron chi connectivity index (χ0n) is 11.8. The van der Waals surface area contributed by atoms with Gasteiger partial charge in [0, 0.05) is 17.1 Å². The molecular weight excluding hydrogens is 356 g/mol. The van der Waals surface area contributed by atoms with Crippen molar-refractivity contribution < 1.29 is 4.79 Å². The van der Waals surface area contributed by atoms with Crippen LogP contribution in [0.1, 0.15) is 17.8 Å². The molecule has 7 heteroatoms. The minimum absolute atomic E-state index is 0.132. The fraction of sp³-hybridized carbons (Fsp3) is 0.286. The Bertz CT molecular complexity index is 684. The van der Waals surface area contributed by atoms with E-state index in [0.717, 1.165) is 15.9 Å². The maximum Gasteiger partial charge on any atom is 0.226 e. The van der Waals surface area contributed by atoms with Crippen molar-refractivity contribution >= 4 is 44.8 Å². The summed E-state index contributed by atoms with van der Waals surface area (Å²) >= 11 is 9.35. The molecule has 1 amide bonds. The molecular formula is C14H16BrClN4O. The van der Waals surface area contributed by atoms with Crippen LogP contribution in [-0.2, 0) is 11.3 Å². The van der Waals surface area contributed by atoms with Crippen molar-refractivity contribution in [1.29, 1.82) is 0 Å². The predicted octanol–water partition coefficient (Wildman–Crippen LogP) is 3.53. The molecule has 0 unspecified atom stereocenters. The number of aromatic nitrogens is 2. The summed E-state index contributed by atoms with van der Waals surface area (Å²) < 4.78 is 2.78. The highest BCUT2D eigenvalue weighted by atomic mass is 79.9. The van der Waals surface area contributed by atoms with E-state index in [1.807, 2.05) is 13.8 Å². The van der Waals surface area contributed by atoms with Crippen molar-refractivity contribution in [2.75, 3.05) is 11.1 Å². The molecule has 0 aliphatic rings. The van der Waals surface area contributed by atoms with E-state index >= 15 is 0 Å². The van der Waals surface area contributed by atoms with E-state index in [1.165, 1.54) is 0 Å². The van der Waals surface area contributed by atoms with Gasteiger partial charge in [0.25, 0.3) is 0 Å². The lowest BCUT2D eigenvalue weighted by atomic mass is 10.2. The molecule has 0 fully saturated rings. The van der Waals surface area contributed by atoms with Gasteiger partial charge in [0.05, 0.1) is 28.1 Å². The number of nitrogens with two attached hydrogens (primary N) is 1. The second-order valence-corrected chi connectivity index (χ2v) is 5.97. The van der Waals surface area contributed by atoms with Crippen molar-refractivity contribution in [3.8, 4) is 0 Å². The lowest BCUT2D eigenvalue weighted by Gasteiger charge is -2.09. The summed E-state index contributed by atoms with van der Waals surface area (Å²) in [7, 11) is 0. The first-order valence-corrected chi connectivity index (χ1v) is 7.60. The van der Waals surface area contributed by atoms with Crippen molar-refractivity contribution in [2.45, 2.75) is 26.8 Å². The lowest BCUT2D eigenvalue weighted by molar-refractivity contribution is -0.116. The van der Waals surface area contributed by atoms with Crippen molar-refractivity contribution in [2.24, 2.45) is 0 Å². The van der Waals surface area contributed by atoms with E-state index in [9.17, 15) is 4.79 Å². The van der Waals surface area contributed by atoms with Crippen LogP contribution in [0.3, 0.4) is 0 Å². The summed E-state index contributed by atoms with van der Waals surface area (Å²) in [6, 6.07) is 4.98. The molecule has 2 aromatic rings. The number of amides is 1. The minimum atomic E-state index is -0.132. The molecule has 5 nitrogen and oxygen atoms in total. The molecule has 112 valence electrons. The van der Waals surface area contributed by atoms with E-state index in [2.05, 4.69) is 26.3 Å². The van der Waals surface area contributed by atoms with Gasteiger partial charge in [-0.2, -0.15) is 5.10 Å². The number of hydrogen-bond donors (Lipinski definition) is 2. The van der Waals surface area contributed by atoms with Gasteiger partial charge in [0.1, 0.15) is 0 Å². The van der Waals surface area contributed by atoms with Crippen LogP contribution >= 0.6 is 27.5 Å². The fourth-order valence-electron chi connectivity index (χ4n) is 1.95. The predicted molar refractivity (Wildman–Crippen MR) is 88.5 cm³/mol. The SMILES string of the molecule is Cc1nn(CCC(=O)Nc2cc(Cl)ccc2N)c(C)c1Br. The fourth-order valence-corrected chi connectivity index (χ4v) is 2.41. The van der Waals surface area contributed by atoms with Gasteiger partial charge in [-0.1, -0.05) is 11.6 Å². The highest BCUT2D eigenvalue weighted by Crippen LogP contribution is 2.23. The molecule has 2 rings (SSSR count). The third-order valence-electron chi connectivity index (χ3n) is 3.13. The minimum Gasteiger partial charge on any atom is -0.397 e. The monoisotopic (exact) mass is 370 g/mol. The van der Waals surface area contributed by atoms with Gasteiger partial charge in [0.2, 0.25) is 5.91 Å². The number of nitrogens with one attached hydrogen (secondary N) is 1. The van der Waals surface area contributed by atoms with E-state index < -0.39 is 0 Å². The van der Waals surface area contributed by atoms with Gasteiger partial charge in [-0.15, -0.1) is 0 Å². The highest BCUT2D eigenvalue weighted by Gasteiger charge is 2.11. The van der Waals surface area contributed by atoms with Crippen molar-refractivity contribution in [1.82, 2.24) is 9.78 Å². The smallest absolute Gasteiger partial charge is 0.226 e. The van der Waals surface area contributed by atoms with Gasteiger partial charge in [-0.25, -0.2) is 0 Å². The molecule has 1 aromatic heterocycles. The normalized spacial score (nSPS) is 10.7. The third-order valence-corrected chi connectivity index (χ3v) is 4.52. The summed E-state index contributed by atoms with van der Waals surface area (Å²) in [5.74, 6) is -0.132. The molecule has 0 saturated heterocycles. The number of nitrogen functional groups attached to an aromatic ring is 1. The Morgan fingerprint density at radius 3 is 2.81 bits per heavy atom. The number of nitrogens with zero attached hydrogens (tertiary/aromatic N) is 2. The Kier molecular flexibility index (Phi) is 4.90. The van der Waals surface area contributed by atoms with Crippen LogP contribution in [0.5, 0.6) is 0 Å². The van der Waals surface area contributed by atoms with Crippen molar-refractivity contribution in [3.05, 3.63) is 39.1 Å². The standard InChI is InChI=1S/C14H16BrClN4O/c1-8-14(15)9(2)20(19-8)6-5-13(21)18-12-7-10(16)3-4-11(12)17/h3-4,7H,5-6,17H2,1-2H3,(H,18,21). The lowest BCUT2D eigenvalue weighted by Crippen LogP contribution is -2.16. The molecule has 0 aliphatic heterocycles. The average Bonchev–Trinajstić information content (AvgIpc) is 2.68. The first-order valence-electron chi connectivity index (χ1n) is 6.43.